The molecule has 5 nitrogen and oxygen atoms in total. The topological polar surface area (TPSA) is 79.9 Å². The van der Waals surface area contributed by atoms with Gasteiger partial charge in [-0.15, -0.1) is 0 Å². The van der Waals surface area contributed by atoms with Crippen molar-refractivity contribution in [1.82, 2.24) is 0 Å². The second-order valence-corrected chi connectivity index (χ2v) is 3.70. The predicted octanol–water partition coefficient (Wildman–Crippen LogP) is 2.02. The van der Waals surface area contributed by atoms with Crippen LogP contribution in [0.4, 0.5) is 5.69 Å². The van der Waals surface area contributed by atoms with E-state index in [4.69, 9.17) is 15.7 Å². The summed E-state index contributed by atoms with van der Waals surface area (Å²) in [6, 6.07) is 7.78. The Morgan fingerprint density at radius 1 is 1.35 bits per heavy atom. The first-order valence-corrected chi connectivity index (χ1v) is 5.60. The Hall–Kier alpha value is -1.91. The smallest absolute Gasteiger partial charge is 0.139 e. The number of amidine groups is 1. The maximum atomic E-state index is 8.35. The number of nitrogens with one attached hydrogen (secondary N) is 1. The van der Waals surface area contributed by atoms with E-state index >= 15 is 0 Å². The Labute approximate surface area is 101 Å². The molecule has 0 aromatic heterocycles. The molecule has 5 heteroatoms. The summed E-state index contributed by atoms with van der Waals surface area (Å²) in [6.45, 7) is 0.866. The van der Waals surface area contributed by atoms with Gasteiger partial charge in [0.25, 0.3) is 0 Å². The van der Waals surface area contributed by atoms with E-state index in [-0.39, 0.29) is 5.84 Å². The molecule has 0 fully saturated rings. The highest BCUT2D eigenvalue weighted by atomic mass is 16.5. The number of anilines is 1. The van der Waals surface area contributed by atoms with Crippen LogP contribution in [0.15, 0.2) is 29.4 Å². The average Bonchev–Trinajstić information content (AvgIpc) is 2.38. The minimum Gasteiger partial charge on any atom is -0.497 e. The van der Waals surface area contributed by atoms with Crippen LogP contribution >= 0.6 is 0 Å². The standard InChI is InChI=1S/C12H19N3O2/c1-17-11-7-5-10(6-8-11)14-9-3-2-4-12(13)15-16/h5-8,14,16H,2-4,9H2,1H3,(H2,13,15). The zero-order valence-electron chi connectivity index (χ0n) is 10.0. The van der Waals surface area contributed by atoms with Gasteiger partial charge in [0.2, 0.25) is 0 Å². The molecule has 0 spiro atoms. The molecular weight excluding hydrogens is 218 g/mol. The first kappa shape index (κ1) is 13.2. The molecule has 0 unspecified atom stereocenters. The number of hydrogen-bond donors (Lipinski definition) is 3. The third-order valence-electron chi connectivity index (χ3n) is 2.41. The van der Waals surface area contributed by atoms with Crippen molar-refractivity contribution in [2.24, 2.45) is 10.9 Å². The molecule has 0 saturated carbocycles. The number of hydrogen-bond acceptors (Lipinski definition) is 4. The van der Waals surface area contributed by atoms with Gasteiger partial charge in [0.15, 0.2) is 0 Å². The van der Waals surface area contributed by atoms with E-state index in [0.717, 1.165) is 30.8 Å². The highest BCUT2D eigenvalue weighted by Crippen LogP contribution is 2.14. The molecule has 0 bridgehead atoms. The lowest BCUT2D eigenvalue weighted by molar-refractivity contribution is 0.316. The van der Waals surface area contributed by atoms with E-state index in [1.165, 1.54) is 0 Å². The number of rotatable bonds is 7. The number of oxime groups is 1. The fourth-order valence-corrected chi connectivity index (χ4v) is 1.42. The van der Waals surface area contributed by atoms with Crippen LogP contribution in [0, 0.1) is 0 Å². The number of unbranched alkanes of at least 4 members (excludes halogenated alkanes) is 1. The summed E-state index contributed by atoms with van der Waals surface area (Å²) < 4.78 is 5.07. The van der Waals surface area contributed by atoms with Gasteiger partial charge in [-0.2, -0.15) is 0 Å². The maximum absolute atomic E-state index is 8.35. The van der Waals surface area contributed by atoms with Crippen molar-refractivity contribution in [3.05, 3.63) is 24.3 Å². The fraction of sp³-hybridized carbons (Fsp3) is 0.417. The molecule has 1 rings (SSSR count). The van der Waals surface area contributed by atoms with Crippen molar-refractivity contribution in [3.8, 4) is 5.75 Å². The number of nitrogens with two attached hydrogens (primary N) is 1. The zero-order chi connectivity index (χ0) is 12.5. The van der Waals surface area contributed by atoms with Crippen molar-refractivity contribution >= 4 is 11.5 Å². The highest BCUT2D eigenvalue weighted by Gasteiger charge is 1.95. The summed E-state index contributed by atoms with van der Waals surface area (Å²) in [5, 5.41) is 14.6. The summed E-state index contributed by atoms with van der Waals surface area (Å²) in [5.41, 5.74) is 6.43. The molecule has 0 aliphatic rings. The lowest BCUT2D eigenvalue weighted by atomic mass is 10.2. The quantitative estimate of drug-likeness (QED) is 0.223. The summed E-state index contributed by atoms with van der Waals surface area (Å²) in [7, 11) is 1.65. The van der Waals surface area contributed by atoms with Crippen LogP contribution in [0.1, 0.15) is 19.3 Å². The third kappa shape index (κ3) is 5.10. The van der Waals surface area contributed by atoms with Gasteiger partial charge in [-0.25, -0.2) is 0 Å². The van der Waals surface area contributed by atoms with Gasteiger partial charge in [-0.3, -0.25) is 0 Å². The predicted molar refractivity (Wildman–Crippen MR) is 68.7 cm³/mol. The van der Waals surface area contributed by atoms with Crippen LogP contribution in [0.5, 0.6) is 5.75 Å². The fourth-order valence-electron chi connectivity index (χ4n) is 1.42. The van der Waals surface area contributed by atoms with E-state index in [0.29, 0.717) is 6.42 Å². The van der Waals surface area contributed by atoms with Gasteiger partial charge in [0, 0.05) is 18.7 Å². The normalized spacial score (nSPS) is 11.2. The summed E-state index contributed by atoms with van der Waals surface area (Å²) in [6.07, 6.45) is 2.50. The van der Waals surface area contributed by atoms with Crippen LogP contribution in [-0.4, -0.2) is 24.7 Å². The Morgan fingerprint density at radius 3 is 2.65 bits per heavy atom. The van der Waals surface area contributed by atoms with Crippen LogP contribution < -0.4 is 15.8 Å². The second-order valence-electron chi connectivity index (χ2n) is 3.70. The van der Waals surface area contributed by atoms with E-state index in [1.54, 1.807) is 7.11 Å². The number of ether oxygens (including phenoxy) is 1. The molecule has 0 aliphatic carbocycles. The maximum Gasteiger partial charge on any atom is 0.139 e. The second kappa shape index (κ2) is 7.38. The van der Waals surface area contributed by atoms with E-state index in [9.17, 15) is 0 Å². The van der Waals surface area contributed by atoms with Crippen LogP contribution in [0.2, 0.25) is 0 Å². The van der Waals surface area contributed by atoms with Crippen LogP contribution in [-0.2, 0) is 0 Å². The first-order valence-electron chi connectivity index (χ1n) is 5.60. The summed E-state index contributed by atoms with van der Waals surface area (Å²) in [4.78, 5) is 0. The largest absolute Gasteiger partial charge is 0.497 e. The lowest BCUT2D eigenvalue weighted by Crippen LogP contribution is -2.11. The molecule has 17 heavy (non-hydrogen) atoms. The number of benzene rings is 1. The minimum atomic E-state index is 0.287. The van der Waals surface area contributed by atoms with Crippen LogP contribution in [0.3, 0.4) is 0 Å². The van der Waals surface area contributed by atoms with Crippen molar-refractivity contribution in [1.29, 1.82) is 0 Å². The Balaban J connectivity index is 2.17. The monoisotopic (exact) mass is 237 g/mol. The van der Waals surface area contributed by atoms with Crippen molar-refractivity contribution in [2.75, 3.05) is 19.0 Å². The van der Waals surface area contributed by atoms with Gasteiger partial charge < -0.3 is 21.0 Å². The molecule has 4 N–H and O–H groups in total. The SMILES string of the molecule is COc1ccc(NCCCCC(N)=NO)cc1. The summed E-state index contributed by atoms with van der Waals surface area (Å²) >= 11 is 0. The number of methoxy groups -OCH3 is 1. The Kier molecular flexibility index (Phi) is 5.71. The molecule has 1 aromatic rings. The molecule has 1 aromatic carbocycles. The van der Waals surface area contributed by atoms with Crippen molar-refractivity contribution < 1.29 is 9.94 Å². The first-order chi connectivity index (χ1) is 8.26. The van der Waals surface area contributed by atoms with Gasteiger partial charge >= 0.3 is 0 Å². The lowest BCUT2D eigenvalue weighted by Gasteiger charge is -2.06. The molecule has 0 amide bonds. The van der Waals surface area contributed by atoms with E-state index in [2.05, 4.69) is 10.5 Å². The van der Waals surface area contributed by atoms with Crippen molar-refractivity contribution in [2.45, 2.75) is 19.3 Å². The zero-order valence-corrected chi connectivity index (χ0v) is 10.0. The molecule has 0 saturated heterocycles. The molecule has 94 valence electrons. The van der Waals surface area contributed by atoms with Crippen LogP contribution in [0.25, 0.3) is 0 Å². The van der Waals surface area contributed by atoms with Gasteiger partial charge in [-0.05, 0) is 37.1 Å². The molecule has 0 aliphatic heterocycles. The molecule has 0 atom stereocenters. The number of nitrogens with zero attached hydrogens (tertiary/aromatic N) is 1. The summed E-state index contributed by atoms with van der Waals surface area (Å²) in [5.74, 6) is 1.14. The van der Waals surface area contributed by atoms with Gasteiger partial charge in [-0.1, -0.05) is 5.16 Å². The van der Waals surface area contributed by atoms with E-state index < -0.39 is 0 Å². The van der Waals surface area contributed by atoms with Gasteiger partial charge in [0.1, 0.15) is 11.6 Å². The Morgan fingerprint density at radius 2 is 2.06 bits per heavy atom. The Bertz CT molecular complexity index is 349. The molecule has 0 radical (unpaired) electrons. The van der Waals surface area contributed by atoms with Crippen molar-refractivity contribution in [3.63, 3.8) is 0 Å². The molecular formula is C12H19N3O2. The van der Waals surface area contributed by atoms with Gasteiger partial charge in [0.05, 0.1) is 7.11 Å². The minimum absolute atomic E-state index is 0.287. The highest BCUT2D eigenvalue weighted by molar-refractivity contribution is 5.79. The third-order valence-corrected chi connectivity index (χ3v) is 2.41. The average molecular weight is 237 g/mol. The van der Waals surface area contributed by atoms with E-state index in [1.807, 2.05) is 24.3 Å². The molecule has 0 heterocycles.